The number of hydrogen-bond donors (Lipinski definition) is 0. The van der Waals surface area contributed by atoms with E-state index in [9.17, 15) is 4.79 Å². The van der Waals surface area contributed by atoms with Crippen molar-refractivity contribution in [1.82, 2.24) is 4.98 Å². The van der Waals surface area contributed by atoms with E-state index < -0.39 is 0 Å². The lowest BCUT2D eigenvalue weighted by Gasteiger charge is -2.05. The first kappa shape index (κ1) is 10.3. The van der Waals surface area contributed by atoms with E-state index in [0.717, 1.165) is 31.6 Å². The molecule has 1 aliphatic heterocycles. The molecule has 0 aliphatic carbocycles. The van der Waals surface area contributed by atoms with Crippen LogP contribution in [-0.4, -0.2) is 24.0 Å². The van der Waals surface area contributed by atoms with Crippen molar-refractivity contribution in [3.8, 4) is 0 Å². The Morgan fingerprint density at radius 3 is 3.20 bits per heavy atom. The maximum atomic E-state index is 11.7. The number of ether oxygens (including phenoxy) is 1. The summed E-state index contributed by atoms with van der Waals surface area (Å²) in [5.41, 5.74) is 0.719. The van der Waals surface area contributed by atoms with E-state index in [2.05, 4.69) is 4.98 Å². The van der Waals surface area contributed by atoms with Gasteiger partial charge in [0.1, 0.15) is 0 Å². The van der Waals surface area contributed by atoms with Crippen LogP contribution in [0.1, 0.15) is 29.6 Å². The number of Topliss-reactive ketones (excluding diaryl/α,β-unsaturated/α-hetero) is 1. The van der Waals surface area contributed by atoms with Gasteiger partial charge in [-0.2, -0.15) is 0 Å². The summed E-state index contributed by atoms with van der Waals surface area (Å²) in [4.78, 5) is 15.7. The molecule has 1 unspecified atom stereocenters. The SMILES string of the molecule is O=C(CCC1CCOC1)c1cccnc1. The van der Waals surface area contributed by atoms with E-state index in [1.807, 2.05) is 6.07 Å². The minimum atomic E-state index is 0.190. The largest absolute Gasteiger partial charge is 0.381 e. The lowest BCUT2D eigenvalue weighted by Crippen LogP contribution is -2.05. The standard InChI is InChI=1S/C12H15NO2/c14-12(11-2-1-6-13-8-11)4-3-10-5-7-15-9-10/h1-2,6,8,10H,3-5,7,9H2. The highest BCUT2D eigenvalue weighted by Gasteiger charge is 2.17. The number of hydrogen-bond acceptors (Lipinski definition) is 3. The van der Waals surface area contributed by atoms with Crippen LogP contribution >= 0.6 is 0 Å². The summed E-state index contributed by atoms with van der Waals surface area (Å²) in [5, 5.41) is 0. The van der Waals surface area contributed by atoms with Crippen LogP contribution in [0.3, 0.4) is 0 Å². The molecule has 0 N–H and O–H groups in total. The van der Waals surface area contributed by atoms with Crippen LogP contribution in [0, 0.1) is 5.92 Å². The first-order valence-electron chi connectivity index (χ1n) is 5.37. The molecule has 3 heteroatoms. The molecule has 1 fully saturated rings. The highest BCUT2D eigenvalue weighted by molar-refractivity contribution is 5.95. The molecule has 2 heterocycles. The molecule has 0 saturated carbocycles. The van der Waals surface area contributed by atoms with E-state index in [0.29, 0.717) is 12.3 Å². The van der Waals surface area contributed by atoms with E-state index in [1.165, 1.54) is 0 Å². The van der Waals surface area contributed by atoms with Crippen molar-refractivity contribution in [3.63, 3.8) is 0 Å². The summed E-state index contributed by atoms with van der Waals surface area (Å²) in [6.45, 7) is 1.67. The minimum Gasteiger partial charge on any atom is -0.381 e. The fourth-order valence-corrected chi connectivity index (χ4v) is 1.82. The van der Waals surface area contributed by atoms with Crippen molar-refractivity contribution in [3.05, 3.63) is 30.1 Å². The zero-order valence-corrected chi connectivity index (χ0v) is 8.69. The molecule has 1 aliphatic rings. The second-order valence-corrected chi connectivity index (χ2v) is 3.93. The summed E-state index contributed by atoms with van der Waals surface area (Å²) in [6, 6.07) is 3.62. The van der Waals surface area contributed by atoms with Crippen molar-refractivity contribution in [2.75, 3.05) is 13.2 Å². The lowest BCUT2D eigenvalue weighted by molar-refractivity contribution is 0.0971. The third kappa shape index (κ3) is 2.86. The fourth-order valence-electron chi connectivity index (χ4n) is 1.82. The zero-order chi connectivity index (χ0) is 10.5. The van der Waals surface area contributed by atoms with Crippen LogP contribution in [0.25, 0.3) is 0 Å². The summed E-state index contributed by atoms with van der Waals surface area (Å²) < 4.78 is 5.27. The van der Waals surface area contributed by atoms with Crippen molar-refractivity contribution in [2.24, 2.45) is 5.92 Å². The Labute approximate surface area is 89.5 Å². The summed E-state index contributed by atoms with van der Waals surface area (Å²) >= 11 is 0. The Hall–Kier alpha value is -1.22. The van der Waals surface area contributed by atoms with Gasteiger partial charge in [-0.1, -0.05) is 0 Å². The lowest BCUT2D eigenvalue weighted by atomic mass is 9.99. The average Bonchev–Trinajstić information content (AvgIpc) is 2.80. The molecule has 80 valence electrons. The third-order valence-corrected chi connectivity index (χ3v) is 2.79. The Morgan fingerprint density at radius 1 is 1.60 bits per heavy atom. The molecule has 2 rings (SSSR count). The first-order chi connectivity index (χ1) is 7.36. The van der Waals surface area contributed by atoms with Gasteiger partial charge in [-0.3, -0.25) is 9.78 Å². The number of carbonyl (C=O) groups is 1. The number of carbonyl (C=O) groups excluding carboxylic acids is 1. The van der Waals surface area contributed by atoms with Crippen molar-refractivity contribution in [1.29, 1.82) is 0 Å². The minimum absolute atomic E-state index is 0.190. The molecule has 0 radical (unpaired) electrons. The molecular formula is C12H15NO2. The van der Waals surface area contributed by atoms with Gasteiger partial charge in [0.05, 0.1) is 0 Å². The van der Waals surface area contributed by atoms with Crippen LogP contribution in [0.2, 0.25) is 0 Å². The van der Waals surface area contributed by atoms with Crippen LogP contribution in [0.5, 0.6) is 0 Å². The van der Waals surface area contributed by atoms with E-state index in [1.54, 1.807) is 18.5 Å². The maximum Gasteiger partial charge on any atom is 0.164 e. The number of aromatic nitrogens is 1. The highest BCUT2D eigenvalue weighted by atomic mass is 16.5. The van der Waals surface area contributed by atoms with Crippen LogP contribution in [0.15, 0.2) is 24.5 Å². The Kier molecular flexibility index (Phi) is 3.45. The van der Waals surface area contributed by atoms with E-state index in [4.69, 9.17) is 4.74 Å². The summed E-state index contributed by atoms with van der Waals surface area (Å²) in [7, 11) is 0. The van der Waals surface area contributed by atoms with Gasteiger partial charge in [0.2, 0.25) is 0 Å². The number of nitrogens with zero attached hydrogens (tertiary/aromatic N) is 1. The number of rotatable bonds is 4. The van der Waals surface area contributed by atoms with Crippen LogP contribution < -0.4 is 0 Å². The zero-order valence-electron chi connectivity index (χ0n) is 8.69. The number of pyridine rings is 1. The van der Waals surface area contributed by atoms with Crippen molar-refractivity contribution < 1.29 is 9.53 Å². The topological polar surface area (TPSA) is 39.2 Å². The predicted molar refractivity (Wildman–Crippen MR) is 56.7 cm³/mol. The fraction of sp³-hybridized carbons (Fsp3) is 0.500. The Morgan fingerprint density at radius 2 is 2.53 bits per heavy atom. The molecular weight excluding hydrogens is 190 g/mol. The smallest absolute Gasteiger partial charge is 0.164 e. The molecule has 0 amide bonds. The monoisotopic (exact) mass is 205 g/mol. The molecule has 1 aromatic heterocycles. The molecule has 0 bridgehead atoms. The van der Waals surface area contributed by atoms with Gasteiger partial charge in [-0.25, -0.2) is 0 Å². The summed E-state index contributed by atoms with van der Waals surface area (Å²) in [5.74, 6) is 0.764. The molecule has 3 nitrogen and oxygen atoms in total. The van der Waals surface area contributed by atoms with E-state index in [-0.39, 0.29) is 5.78 Å². The molecule has 1 aromatic rings. The second-order valence-electron chi connectivity index (χ2n) is 3.93. The number of ketones is 1. The molecule has 1 saturated heterocycles. The quantitative estimate of drug-likeness (QED) is 0.706. The molecule has 0 spiro atoms. The van der Waals surface area contributed by atoms with E-state index >= 15 is 0 Å². The van der Waals surface area contributed by atoms with Crippen LogP contribution in [-0.2, 0) is 4.74 Å². The van der Waals surface area contributed by atoms with Crippen molar-refractivity contribution >= 4 is 5.78 Å². The normalized spacial score (nSPS) is 20.4. The maximum absolute atomic E-state index is 11.7. The van der Waals surface area contributed by atoms with Gasteiger partial charge in [0.15, 0.2) is 5.78 Å². The predicted octanol–water partition coefficient (Wildman–Crippen LogP) is 2.08. The van der Waals surface area contributed by atoms with Gasteiger partial charge < -0.3 is 4.74 Å². The van der Waals surface area contributed by atoms with Gasteiger partial charge in [-0.05, 0) is 30.9 Å². The Bertz CT molecular complexity index is 318. The first-order valence-corrected chi connectivity index (χ1v) is 5.37. The average molecular weight is 205 g/mol. The molecule has 0 aromatic carbocycles. The Balaban J connectivity index is 1.82. The third-order valence-electron chi connectivity index (χ3n) is 2.79. The van der Waals surface area contributed by atoms with Gasteiger partial charge >= 0.3 is 0 Å². The van der Waals surface area contributed by atoms with Gasteiger partial charge in [0.25, 0.3) is 0 Å². The second kappa shape index (κ2) is 5.03. The van der Waals surface area contributed by atoms with Crippen LogP contribution in [0.4, 0.5) is 0 Å². The molecule has 1 atom stereocenters. The van der Waals surface area contributed by atoms with Gasteiger partial charge in [0, 0.05) is 37.6 Å². The van der Waals surface area contributed by atoms with Gasteiger partial charge in [-0.15, -0.1) is 0 Å². The molecule has 15 heavy (non-hydrogen) atoms. The van der Waals surface area contributed by atoms with Crippen molar-refractivity contribution in [2.45, 2.75) is 19.3 Å². The summed E-state index contributed by atoms with van der Waals surface area (Å²) in [6.07, 6.45) is 5.96. The highest BCUT2D eigenvalue weighted by Crippen LogP contribution is 2.19.